The standard InChI is InChI=1S/C23H22N4O/c1-15-18-8-7-16-13-26-22(19-14-24-11-12-25-19)27-21(16)23(18,10-9-20(15)28)17-5-3-2-4-6-17/h2-6,11-15,18H,7-10H2,1H3/t15-,18-,23+/m0/s1. The zero-order chi connectivity index (χ0) is 19.1. The van der Waals surface area contributed by atoms with Crippen LogP contribution in [0.3, 0.4) is 0 Å². The van der Waals surface area contributed by atoms with Gasteiger partial charge in [-0.05, 0) is 36.3 Å². The van der Waals surface area contributed by atoms with Gasteiger partial charge < -0.3 is 0 Å². The highest BCUT2D eigenvalue weighted by Gasteiger charge is 2.53. The molecule has 3 atom stereocenters. The van der Waals surface area contributed by atoms with E-state index >= 15 is 0 Å². The number of hydrogen-bond acceptors (Lipinski definition) is 5. The summed E-state index contributed by atoms with van der Waals surface area (Å²) in [5.74, 6) is 1.28. The molecule has 0 bridgehead atoms. The van der Waals surface area contributed by atoms with Crippen molar-refractivity contribution in [2.24, 2.45) is 11.8 Å². The monoisotopic (exact) mass is 370 g/mol. The molecular weight excluding hydrogens is 348 g/mol. The van der Waals surface area contributed by atoms with Gasteiger partial charge in [0.1, 0.15) is 11.5 Å². The Bertz CT molecular complexity index is 1020. The molecule has 0 radical (unpaired) electrons. The number of nitrogens with zero attached hydrogens (tertiary/aromatic N) is 4. The quantitative estimate of drug-likeness (QED) is 0.687. The van der Waals surface area contributed by atoms with E-state index in [2.05, 4.69) is 46.1 Å². The third kappa shape index (κ3) is 2.49. The van der Waals surface area contributed by atoms with Gasteiger partial charge in [-0.15, -0.1) is 0 Å². The molecule has 0 unspecified atom stereocenters. The Morgan fingerprint density at radius 2 is 1.89 bits per heavy atom. The van der Waals surface area contributed by atoms with Crippen LogP contribution in [0.4, 0.5) is 0 Å². The number of carbonyl (C=O) groups is 1. The van der Waals surface area contributed by atoms with Crippen molar-refractivity contribution >= 4 is 5.78 Å². The summed E-state index contributed by atoms with van der Waals surface area (Å²) in [6, 6.07) is 10.6. The molecule has 0 spiro atoms. The fourth-order valence-corrected chi connectivity index (χ4v) is 5.23. The fourth-order valence-electron chi connectivity index (χ4n) is 5.23. The van der Waals surface area contributed by atoms with Crippen LogP contribution in [0.15, 0.2) is 55.1 Å². The first-order valence-electron chi connectivity index (χ1n) is 9.91. The van der Waals surface area contributed by atoms with Crippen LogP contribution in [-0.2, 0) is 16.6 Å². The van der Waals surface area contributed by atoms with Crippen molar-refractivity contribution in [3.63, 3.8) is 0 Å². The summed E-state index contributed by atoms with van der Waals surface area (Å²) >= 11 is 0. The predicted molar refractivity (Wildman–Crippen MR) is 105 cm³/mol. The van der Waals surface area contributed by atoms with Crippen LogP contribution in [0.5, 0.6) is 0 Å². The molecule has 1 saturated carbocycles. The van der Waals surface area contributed by atoms with Crippen molar-refractivity contribution in [3.8, 4) is 11.5 Å². The van der Waals surface area contributed by atoms with Gasteiger partial charge in [0.15, 0.2) is 5.82 Å². The van der Waals surface area contributed by atoms with Gasteiger partial charge in [0.05, 0.1) is 11.9 Å². The van der Waals surface area contributed by atoms with E-state index in [4.69, 9.17) is 4.98 Å². The maximum atomic E-state index is 12.6. The van der Waals surface area contributed by atoms with Crippen LogP contribution in [0.1, 0.15) is 43.0 Å². The van der Waals surface area contributed by atoms with Gasteiger partial charge in [0.25, 0.3) is 0 Å². The molecule has 140 valence electrons. The van der Waals surface area contributed by atoms with Gasteiger partial charge in [-0.1, -0.05) is 37.3 Å². The maximum Gasteiger partial charge on any atom is 0.180 e. The van der Waals surface area contributed by atoms with Crippen LogP contribution >= 0.6 is 0 Å². The van der Waals surface area contributed by atoms with E-state index in [1.54, 1.807) is 18.6 Å². The van der Waals surface area contributed by atoms with Crippen molar-refractivity contribution in [1.29, 1.82) is 0 Å². The summed E-state index contributed by atoms with van der Waals surface area (Å²) in [6.45, 7) is 2.10. The molecule has 0 saturated heterocycles. The number of fused-ring (bicyclic) bond motifs is 3. The van der Waals surface area contributed by atoms with E-state index in [1.165, 1.54) is 11.1 Å². The Kier molecular flexibility index (Phi) is 4.04. The molecule has 2 aromatic heterocycles. The number of Topliss-reactive ketones (excluding diaryl/α,β-unsaturated/α-hetero) is 1. The topological polar surface area (TPSA) is 68.6 Å². The molecule has 28 heavy (non-hydrogen) atoms. The summed E-state index contributed by atoms with van der Waals surface area (Å²) in [5.41, 5.74) is 3.95. The summed E-state index contributed by atoms with van der Waals surface area (Å²) in [5, 5.41) is 0. The lowest BCUT2D eigenvalue weighted by atomic mass is 9.53. The summed E-state index contributed by atoms with van der Waals surface area (Å²) in [7, 11) is 0. The fraction of sp³-hybridized carbons (Fsp3) is 0.348. The Morgan fingerprint density at radius 3 is 2.68 bits per heavy atom. The van der Waals surface area contributed by atoms with Crippen LogP contribution in [0.2, 0.25) is 0 Å². The van der Waals surface area contributed by atoms with E-state index in [9.17, 15) is 4.79 Å². The minimum atomic E-state index is -0.248. The Hall–Kier alpha value is -2.95. The Balaban J connectivity index is 1.74. The third-order valence-electron chi connectivity index (χ3n) is 6.60. The van der Waals surface area contributed by atoms with Crippen molar-refractivity contribution in [2.45, 2.75) is 38.0 Å². The molecule has 3 aromatic rings. The van der Waals surface area contributed by atoms with Gasteiger partial charge in [0, 0.05) is 36.3 Å². The van der Waals surface area contributed by atoms with Crippen molar-refractivity contribution in [3.05, 3.63) is 71.9 Å². The highest BCUT2D eigenvalue weighted by Crippen LogP contribution is 2.54. The maximum absolute atomic E-state index is 12.6. The van der Waals surface area contributed by atoms with E-state index in [-0.39, 0.29) is 17.3 Å². The molecule has 5 nitrogen and oxygen atoms in total. The molecule has 5 heteroatoms. The van der Waals surface area contributed by atoms with E-state index in [0.717, 1.165) is 25.0 Å². The molecule has 1 aromatic carbocycles. The molecular formula is C23H22N4O. The van der Waals surface area contributed by atoms with Crippen molar-refractivity contribution in [2.75, 3.05) is 0 Å². The minimum absolute atomic E-state index is 0.0389. The van der Waals surface area contributed by atoms with Gasteiger partial charge in [0.2, 0.25) is 0 Å². The number of carbonyl (C=O) groups excluding carboxylic acids is 1. The van der Waals surface area contributed by atoms with Gasteiger partial charge in [-0.3, -0.25) is 9.78 Å². The zero-order valence-corrected chi connectivity index (χ0v) is 15.9. The lowest BCUT2D eigenvalue weighted by Gasteiger charge is -2.50. The van der Waals surface area contributed by atoms with Gasteiger partial charge in [-0.25, -0.2) is 15.0 Å². The van der Waals surface area contributed by atoms with Crippen molar-refractivity contribution in [1.82, 2.24) is 19.9 Å². The number of benzene rings is 1. The number of rotatable bonds is 2. The molecule has 0 N–H and O–H groups in total. The smallest absolute Gasteiger partial charge is 0.180 e. The lowest BCUT2D eigenvalue weighted by molar-refractivity contribution is -0.128. The lowest BCUT2D eigenvalue weighted by Crippen LogP contribution is -2.50. The molecule has 2 aliphatic carbocycles. The molecule has 0 amide bonds. The summed E-state index contributed by atoms with van der Waals surface area (Å²) in [4.78, 5) is 30.7. The Morgan fingerprint density at radius 1 is 1.04 bits per heavy atom. The predicted octanol–water partition coefficient (Wildman–Crippen LogP) is 3.78. The van der Waals surface area contributed by atoms with Gasteiger partial charge in [-0.2, -0.15) is 0 Å². The van der Waals surface area contributed by atoms with Crippen LogP contribution in [0, 0.1) is 11.8 Å². The average Bonchev–Trinajstić information content (AvgIpc) is 2.77. The van der Waals surface area contributed by atoms with E-state index in [1.807, 2.05) is 12.3 Å². The first-order chi connectivity index (χ1) is 13.7. The summed E-state index contributed by atoms with van der Waals surface area (Å²) < 4.78 is 0. The molecule has 0 aliphatic heterocycles. The number of aromatic nitrogens is 4. The van der Waals surface area contributed by atoms with Crippen LogP contribution in [0.25, 0.3) is 11.5 Å². The largest absolute Gasteiger partial charge is 0.299 e. The highest BCUT2D eigenvalue weighted by molar-refractivity contribution is 5.83. The second-order valence-corrected chi connectivity index (χ2v) is 7.90. The van der Waals surface area contributed by atoms with E-state index < -0.39 is 0 Å². The van der Waals surface area contributed by atoms with Crippen molar-refractivity contribution < 1.29 is 4.79 Å². The molecule has 1 fully saturated rings. The summed E-state index contributed by atoms with van der Waals surface area (Å²) in [6.07, 6.45) is 10.3. The number of ketones is 1. The zero-order valence-electron chi connectivity index (χ0n) is 15.9. The van der Waals surface area contributed by atoms with Crippen LogP contribution in [-0.4, -0.2) is 25.7 Å². The normalized spacial score (nSPS) is 26.4. The molecule has 5 rings (SSSR count). The second kappa shape index (κ2) is 6.59. The van der Waals surface area contributed by atoms with Gasteiger partial charge >= 0.3 is 0 Å². The molecule has 2 heterocycles. The Labute approximate surface area is 164 Å². The van der Waals surface area contributed by atoms with Crippen LogP contribution < -0.4 is 0 Å². The average molecular weight is 370 g/mol. The number of hydrogen-bond donors (Lipinski definition) is 0. The SMILES string of the molecule is C[C@@H]1C(=O)CC[C@]2(c3ccccc3)c3nc(-c4cnccn4)ncc3CC[C@@H]12. The molecule has 2 aliphatic rings. The third-order valence-corrected chi connectivity index (χ3v) is 6.60. The first-order valence-corrected chi connectivity index (χ1v) is 9.91. The number of aryl methyl sites for hydroxylation is 1. The second-order valence-electron chi connectivity index (χ2n) is 7.90. The highest BCUT2D eigenvalue weighted by atomic mass is 16.1. The van der Waals surface area contributed by atoms with E-state index in [0.29, 0.717) is 23.7 Å². The first kappa shape index (κ1) is 17.2. The minimum Gasteiger partial charge on any atom is -0.299 e.